The monoisotopic (exact) mass is 382 g/mol. The van der Waals surface area contributed by atoms with Crippen molar-refractivity contribution in [2.75, 3.05) is 6.54 Å². The molecule has 3 rings (SSSR count). The second-order valence-electron chi connectivity index (χ2n) is 7.16. The van der Waals surface area contributed by atoms with Crippen molar-refractivity contribution in [1.29, 1.82) is 0 Å². The molecule has 1 N–H and O–H groups in total. The van der Waals surface area contributed by atoms with E-state index in [0.29, 0.717) is 12.5 Å². The molecule has 0 saturated carbocycles. The van der Waals surface area contributed by atoms with E-state index >= 15 is 0 Å². The Morgan fingerprint density at radius 3 is 2.93 bits per heavy atom. The van der Waals surface area contributed by atoms with Gasteiger partial charge in [0.25, 0.3) is 0 Å². The van der Waals surface area contributed by atoms with Gasteiger partial charge in [-0.15, -0.1) is 0 Å². The predicted octanol–water partition coefficient (Wildman–Crippen LogP) is 4.19. The maximum atomic E-state index is 12.4. The Morgan fingerprint density at radius 1 is 1.30 bits per heavy atom. The number of hydrogen-bond donors (Lipinski definition) is 1. The van der Waals surface area contributed by atoms with Crippen LogP contribution in [0.1, 0.15) is 31.4 Å². The second-order valence-corrected chi connectivity index (χ2v) is 8.10. The van der Waals surface area contributed by atoms with Crippen LogP contribution in [-0.4, -0.2) is 27.0 Å². The lowest BCUT2D eigenvalue weighted by molar-refractivity contribution is -0.121. The van der Waals surface area contributed by atoms with Crippen LogP contribution >= 0.6 is 11.8 Å². The van der Waals surface area contributed by atoms with Crippen LogP contribution in [0.5, 0.6) is 0 Å². The molecule has 0 aliphatic rings. The second kappa shape index (κ2) is 9.04. The summed E-state index contributed by atoms with van der Waals surface area (Å²) in [5.74, 6) is 1.40. The number of rotatable bonds is 8. The van der Waals surface area contributed by atoms with Crippen molar-refractivity contribution in [3.63, 3.8) is 0 Å². The molecular weight excluding hydrogens is 356 g/mol. The summed E-state index contributed by atoms with van der Waals surface area (Å²) in [5, 5.41) is 3.85. The first-order chi connectivity index (χ1) is 13.0. The maximum absolute atomic E-state index is 12.4. The molecule has 0 aliphatic heterocycles. The summed E-state index contributed by atoms with van der Waals surface area (Å²) >= 11 is 1.65. The van der Waals surface area contributed by atoms with E-state index < -0.39 is 0 Å². The number of thioether (sulfide) groups is 1. The van der Waals surface area contributed by atoms with Crippen LogP contribution in [0.2, 0.25) is 0 Å². The number of fused-ring (bicyclic) bond motifs is 1. The molecule has 2 heterocycles. The molecule has 1 amide bonds. The van der Waals surface area contributed by atoms with E-state index in [1.807, 2.05) is 10.6 Å². The molecule has 142 valence electrons. The van der Waals surface area contributed by atoms with Gasteiger partial charge in [-0.25, -0.2) is 4.98 Å². The fourth-order valence-corrected chi connectivity index (χ4v) is 3.82. The van der Waals surface area contributed by atoms with Crippen LogP contribution in [-0.2, 0) is 17.1 Å². The fraction of sp³-hybridized carbons (Fsp3) is 0.381. The van der Waals surface area contributed by atoms with Crippen LogP contribution < -0.4 is 5.32 Å². The summed E-state index contributed by atoms with van der Waals surface area (Å²) in [6.07, 6.45) is 4.49. The van der Waals surface area contributed by atoms with Gasteiger partial charge in [-0.1, -0.05) is 55.4 Å². The average Bonchev–Trinajstić information content (AvgIpc) is 2.97. The van der Waals surface area contributed by atoms with Gasteiger partial charge in [0.2, 0.25) is 5.91 Å². The van der Waals surface area contributed by atoms with Gasteiger partial charge in [0.05, 0.1) is 17.2 Å². The number of nitrogens with zero attached hydrogens (tertiary/aromatic N) is 3. The number of aromatic nitrogens is 3. The number of carbonyl (C=O) groups excluding carboxylic acids is 1. The van der Waals surface area contributed by atoms with Crippen molar-refractivity contribution in [2.45, 2.75) is 44.6 Å². The van der Waals surface area contributed by atoms with Gasteiger partial charge in [-0.05, 0) is 30.9 Å². The first-order valence-corrected chi connectivity index (χ1v) is 10.3. The van der Waals surface area contributed by atoms with E-state index in [-0.39, 0.29) is 12.5 Å². The molecule has 6 heteroatoms. The van der Waals surface area contributed by atoms with Gasteiger partial charge in [0.1, 0.15) is 6.54 Å². The zero-order valence-corrected chi connectivity index (χ0v) is 16.9. The molecule has 0 saturated heterocycles. The first-order valence-electron chi connectivity index (χ1n) is 9.28. The summed E-state index contributed by atoms with van der Waals surface area (Å²) < 4.78 is 1.97. The van der Waals surface area contributed by atoms with Crippen molar-refractivity contribution >= 4 is 28.7 Å². The van der Waals surface area contributed by atoms with Crippen LogP contribution in [0.4, 0.5) is 0 Å². The highest BCUT2D eigenvalue weighted by Gasteiger charge is 2.14. The summed E-state index contributed by atoms with van der Waals surface area (Å²) in [4.78, 5) is 21.3. The molecule has 0 atom stereocenters. The van der Waals surface area contributed by atoms with E-state index in [1.165, 1.54) is 11.1 Å². The van der Waals surface area contributed by atoms with Crippen molar-refractivity contribution in [3.05, 3.63) is 53.9 Å². The quantitative estimate of drug-likeness (QED) is 0.593. The summed E-state index contributed by atoms with van der Waals surface area (Å²) in [6, 6.07) is 10.4. The fourth-order valence-electron chi connectivity index (χ4n) is 2.86. The minimum atomic E-state index is 0.0104. The third-order valence-corrected chi connectivity index (χ3v) is 5.36. The average molecular weight is 383 g/mol. The van der Waals surface area contributed by atoms with Gasteiger partial charge >= 0.3 is 0 Å². The Hall–Kier alpha value is -2.34. The molecule has 0 bridgehead atoms. The third kappa shape index (κ3) is 5.32. The summed E-state index contributed by atoms with van der Waals surface area (Å²) in [5.41, 5.74) is 4.25. The van der Waals surface area contributed by atoms with Gasteiger partial charge in [-0.3, -0.25) is 9.78 Å². The van der Waals surface area contributed by atoms with Crippen LogP contribution in [0.25, 0.3) is 11.0 Å². The lowest BCUT2D eigenvalue weighted by atomic mass is 10.1. The smallest absolute Gasteiger partial charge is 0.240 e. The molecule has 5 nitrogen and oxygen atoms in total. The van der Waals surface area contributed by atoms with Crippen molar-refractivity contribution in [2.24, 2.45) is 5.92 Å². The molecule has 27 heavy (non-hydrogen) atoms. The van der Waals surface area contributed by atoms with Gasteiger partial charge in [-0.2, -0.15) is 0 Å². The number of hydrogen-bond acceptors (Lipinski definition) is 4. The van der Waals surface area contributed by atoms with E-state index in [1.54, 1.807) is 24.2 Å². The van der Waals surface area contributed by atoms with E-state index in [9.17, 15) is 4.79 Å². The molecule has 0 fully saturated rings. The van der Waals surface area contributed by atoms with Crippen LogP contribution in [0.15, 0.2) is 47.9 Å². The molecular formula is C21H26N4OS. The lowest BCUT2D eigenvalue weighted by Crippen LogP contribution is -2.29. The van der Waals surface area contributed by atoms with E-state index in [2.05, 4.69) is 55.3 Å². The number of benzene rings is 1. The van der Waals surface area contributed by atoms with Crippen molar-refractivity contribution < 1.29 is 4.79 Å². The van der Waals surface area contributed by atoms with Gasteiger partial charge < -0.3 is 9.88 Å². The molecule has 0 spiro atoms. The highest BCUT2D eigenvalue weighted by atomic mass is 32.2. The highest BCUT2D eigenvalue weighted by molar-refractivity contribution is 7.98. The first kappa shape index (κ1) is 19.4. The standard InChI is InChI=1S/C21H26N4OS/c1-15(2)7-10-23-20(26)13-25-19-12-22-9-8-18(19)24-21(25)27-14-17-6-4-5-16(3)11-17/h4-6,8-9,11-12,15H,7,10,13-14H2,1-3H3,(H,23,26). The number of aryl methyl sites for hydroxylation is 1. The topological polar surface area (TPSA) is 59.8 Å². The molecule has 2 aromatic heterocycles. The number of pyridine rings is 1. The normalized spacial score (nSPS) is 11.3. The predicted molar refractivity (Wildman–Crippen MR) is 111 cm³/mol. The van der Waals surface area contributed by atoms with Gasteiger partial charge in [0, 0.05) is 18.5 Å². The largest absolute Gasteiger partial charge is 0.355 e. The Labute approximate surface area is 164 Å². The number of amides is 1. The minimum absolute atomic E-state index is 0.0104. The molecule has 0 aliphatic carbocycles. The molecule has 3 aromatic rings. The zero-order chi connectivity index (χ0) is 19.2. The Bertz CT molecular complexity index is 919. The number of imidazole rings is 1. The molecule has 0 radical (unpaired) electrons. The van der Waals surface area contributed by atoms with Gasteiger partial charge in [0.15, 0.2) is 5.16 Å². The molecule has 1 aromatic carbocycles. The Kier molecular flexibility index (Phi) is 6.50. The maximum Gasteiger partial charge on any atom is 0.240 e. The zero-order valence-electron chi connectivity index (χ0n) is 16.1. The highest BCUT2D eigenvalue weighted by Crippen LogP contribution is 2.26. The van der Waals surface area contributed by atoms with Crippen LogP contribution in [0.3, 0.4) is 0 Å². The Balaban J connectivity index is 1.76. The van der Waals surface area contributed by atoms with E-state index in [0.717, 1.165) is 28.4 Å². The Morgan fingerprint density at radius 2 is 2.15 bits per heavy atom. The summed E-state index contributed by atoms with van der Waals surface area (Å²) in [6.45, 7) is 7.36. The third-order valence-electron chi connectivity index (χ3n) is 4.31. The summed E-state index contributed by atoms with van der Waals surface area (Å²) in [7, 11) is 0. The van der Waals surface area contributed by atoms with E-state index in [4.69, 9.17) is 4.98 Å². The van der Waals surface area contributed by atoms with Crippen LogP contribution in [0, 0.1) is 12.8 Å². The lowest BCUT2D eigenvalue weighted by Gasteiger charge is -2.10. The van der Waals surface area contributed by atoms with Crippen molar-refractivity contribution in [3.8, 4) is 0 Å². The number of nitrogens with one attached hydrogen (secondary N) is 1. The number of carbonyl (C=O) groups is 1. The van der Waals surface area contributed by atoms with Crippen molar-refractivity contribution in [1.82, 2.24) is 19.9 Å². The molecule has 0 unspecified atom stereocenters. The minimum Gasteiger partial charge on any atom is -0.355 e. The SMILES string of the molecule is Cc1cccc(CSc2nc3ccncc3n2CC(=O)NCCC(C)C)c1.